The highest BCUT2D eigenvalue weighted by Gasteiger charge is 2.32. The third kappa shape index (κ3) is 5.13. The van der Waals surface area contributed by atoms with Gasteiger partial charge in [0.05, 0.1) is 12.8 Å². The van der Waals surface area contributed by atoms with E-state index in [0.717, 1.165) is 31.9 Å². The summed E-state index contributed by atoms with van der Waals surface area (Å²) in [6, 6.07) is 6.06. The zero-order valence-electron chi connectivity index (χ0n) is 15.0. The summed E-state index contributed by atoms with van der Waals surface area (Å²) in [6.07, 6.45) is -3.36. The van der Waals surface area contributed by atoms with Crippen LogP contribution < -0.4 is 19.7 Å². The Morgan fingerprint density at radius 3 is 2.52 bits per heavy atom. The molecule has 146 valence electrons. The third-order valence-electron chi connectivity index (χ3n) is 4.14. The second-order valence-corrected chi connectivity index (χ2v) is 6.07. The first-order valence-electron chi connectivity index (χ1n) is 8.31. The van der Waals surface area contributed by atoms with Gasteiger partial charge in [0.15, 0.2) is 5.75 Å². The molecule has 1 aromatic carbocycles. The number of piperazine rings is 1. The number of aromatic nitrogens is 2. The molecule has 1 saturated heterocycles. The molecule has 2 heterocycles. The van der Waals surface area contributed by atoms with Gasteiger partial charge in [-0.1, -0.05) is 0 Å². The number of hydrogen-bond acceptors (Lipinski definition) is 7. The topological polar surface area (TPSA) is 62.8 Å². The van der Waals surface area contributed by atoms with Crippen LogP contribution in [0, 0.1) is 0 Å². The van der Waals surface area contributed by atoms with Gasteiger partial charge >= 0.3 is 6.36 Å². The number of hydrogen-bond donors (Lipinski definition) is 1. The number of nitrogens with zero attached hydrogens (tertiary/aromatic N) is 4. The molecule has 0 bridgehead atoms. The minimum Gasteiger partial charge on any atom is -0.481 e. The number of ether oxygens (including phenoxy) is 2. The molecule has 0 radical (unpaired) electrons. The van der Waals surface area contributed by atoms with Crippen molar-refractivity contribution < 1.29 is 22.6 Å². The highest BCUT2D eigenvalue weighted by Crippen LogP contribution is 2.35. The number of methoxy groups -OCH3 is 1. The first kappa shape index (κ1) is 19.0. The first-order chi connectivity index (χ1) is 12.8. The largest absolute Gasteiger partial charge is 0.573 e. The highest BCUT2D eigenvalue weighted by molar-refractivity contribution is 5.69. The molecule has 2 aromatic rings. The summed E-state index contributed by atoms with van der Waals surface area (Å²) >= 11 is 0. The van der Waals surface area contributed by atoms with Crippen LogP contribution in [0.1, 0.15) is 0 Å². The predicted octanol–water partition coefficient (Wildman–Crippen LogP) is 2.88. The molecular weight excluding hydrogens is 363 g/mol. The van der Waals surface area contributed by atoms with Crippen molar-refractivity contribution in [2.45, 2.75) is 6.36 Å². The standard InChI is InChI=1S/C17H20F3N5O2/c1-24-7-9-25(10-8-24)12-3-4-14(27-17(18,19)20)13(11-12)22-16-21-6-5-15(23-16)26-2/h3-6,11H,7-10H2,1-2H3,(H,21,22,23). The molecule has 0 amide bonds. The molecule has 1 fully saturated rings. The lowest BCUT2D eigenvalue weighted by Crippen LogP contribution is -2.44. The number of anilines is 3. The first-order valence-corrected chi connectivity index (χ1v) is 8.31. The second-order valence-electron chi connectivity index (χ2n) is 6.07. The summed E-state index contributed by atoms with van der Waals surface area (Å²) in [6.45, 7) is 3.32. The van der Waals surface area contributed by atoms with Gasteiger partial charge < -0.3 is 24.6 Å². The highest BCUT2D eigenvalue weighted by atomic mass is 19.4. The minimum absolute atomic E-state index is 0.108. The van der Waals surface area contributed by atoms with Crippen molar-refractivity contribution in [2.24, 2.45) is 0 Å². The minimum atomic E-state index is -4.80. The fourth-order valence-electron chi connectivity index (χ4n) is 2.73. The van der Waals surface area contributed by atoms with Crippen LogP contribution in [-0.2, 0) is 0 Å². The van der Waals surface area contributed by atoms with Crippen LogP contribution in [0.15, 0.2) is 30.5 Å². The fourth-order valence-corrected chi connectivity index (χ4v) is 2.73. The van der Waals surface area contributed by atoms with Gasteiger partial charge in [0.25, 0.3) is 0 Å². The summed E-state index contributed by atoms with van der Waals surface area (Å²) in [5.74, 6) is 0.0460. The van der Waals surface area contributed by atoms with Crippen LogP contribution in [0.3, 0.4) is 0 Å². The Morgan fingerprint density at radius 1 is 1.11 bits per heavy atom. The summed E-state index contributed by atoms with van der Waals surface area (Å²) in [5.41, 5.74) is 0.917. The maximum atomic E-state index is 12.8. The third-order valence-corrected chi connectivity index (χ3v) is 4.14. The van der Waals surface area contributed by atoms with Crippen molar-refractivity contribution in [3.63, 3.8) is 0 Å². The van der Waals surface area contributed by atoms with Crippen LogP contribution in [0.5, 0.6) is 11.6 Å². The predicted molar refractivity (Wildman–Crippen MR) is 94.7 cm³/mol. The van der Waals surface area contributed by atoms with Crippen molar-refractivity contribution in [2.75, 3.05) is 50.6 Å². The van der Waals surface area contributed by atoms with E-state index in [1.54, 1.807) is 18.2 Å². The SMILES string of the molecule is COc1ccnc(Nc2cc(N3CCN(C)CC3)ccc2OC(F)(F)F)n1. The van der Waals surface area contributed by atoms with E-state index in [0.29, 0.717) is 5.88 Å². The summed E-state index contributed by atoms with van der Waals surface area (Å²) in [5, 5.41) is 2.79. The average molecular weight is 383 g/mol. The summed E-state index contributed by atoms with van der Waals surface area (Å²) < 4.78 is 47.4. The van der Waals surface area contributed by atoms with Gasteiger partial charge in [0, 0.05) is 44.1 Å². The monoisotopic (exact) mass is 383 g/mol. The molecule has 0 aliphatic carbocycles. The maximum Gasteiger partial charge on any atom is 0.573 e. The molecule has 0 unspecified atom stereocenters. The Labute approximate surface area is 154 Å². The number of rotatable bonds is 5. The molecule has 0 saturated carbocycles. The molecule has 27 heavy (non-hydrogen) atoms. The quantitative estimate of drug-likeness (QED) is 0.852. The molecule has 1 aromatic heterocycles. The van der Waals surface area contributed by atoms with Crippen molar-refractivity contribution in [1.29, 1.82) is 0 Å². The van der Waals surface area contributed by atoms with E-state index in [1.165, 1.54) is 19.4 Å². The van der Waals surface area contributed by atoms with Gasteiger partial charge in [-0.3, -0.25) is 0 Å². The van der Waals surface area contributed by atoms with Crippen LogP contribution in [0.2, 0.25) is 0 Å². The van der Waals surface area contributed by atoms with Crippen molar-refractivity contribution in [1.82, 2.24) is 14.9 Å². The van der Waals surface area contributed by atoms with Gasteiger partial charge in [-0.25, -0.2) is 4.98 Å². The molecule has 1 aliphatic rings. The molecular formula is C17H20F3N5O2. The van der Waals surface area contributed by atoms with Crippen LogP contribution in [0.4, 0.5) is 30.5 Å². The average Bonchev–Trinajstić information content (AvgIpc) is 2.63. The lowest BCUT2D eigenvalue weighted by molar-refractivity contribution is -0.274. The Balaban J connectivity index is 1.90. The van der Waals surface area contributed by atoms with Crippen LogP contribution in [-0.4, -0.2) is 61.6 Å². The van der Waals surface area contributed by atoms with Gasteiger partial charge in [-0.2, -0.15) is 4.98 Å². The number of benzene rings is 1. The zero-order valence-corrected chi connectivity index (χ0v) is 15.0. The molecule has 0 atom stereocenters. The fraction of sp³-hybridized carbons (Fsp3) is 0.412. The molecule has 0 spiro atoms. The Kier molecular flexibility index (Phi) is 5.54. The number of halogens is 3. The van der Waals surface area contributed by atoms with E-state index in [4.69, 9.17) is 4.74 Å². The van der Waals surface area contributed by atoms with E-state index < -0.39 is 6.36 Å². The van der Waals surface area contributed by atoms with E-state index in [1.807, 2.05) is 7.05 Å². The van der Waals surface area contributed by atoms with Gasteiger partial charge in [-0.15, -0.1) is 13.2 Å². The van der Waals surface area contributed by atoms with Gasteiger partial charge in [0.1, 0.15) is 0 Å². The number of likely N-dealkylation sites (N-methyl/N-ethyl adjacent to an activating group) is 1. The number of nitrogens with one attached hydrogen (secondary N) is 1. The zero-order chi connectivity index (χ0) is 19.4. The van der Waals surface area contributed by atoms with Crippen LogP contribution in [0.25, 0.3) is 0 Å². The van der Waals surface area contributed by atoms with Gasteiger partial charge in [-0.05, 0) is 25.2 Å². The molecule has 1 aliphatic heterocycles. The van der Waals surface area contributed by atoms with E-state index in [9.17, 15) is 13.2 Å². The lowest BCUT2D eigenvalue weighted by atomic mass is 10.2. The van der Waals surface area contributed by atoms with E-state index in [2.05, 4.69) is 29.8 Å². The second kappa shape index (κ2) is 7.87. The number of alkyl halides is 3. The molecule has 10 heteroatoms. The Hall–Kier alpha value is -2.75. The molecule has 3 rings (SSSR count). The Bertz CT molecular complexity index is 779. The smallest absolute Gasteiger partial charge is 0.481 e. The van der Waals surface area contributed by atoms with Gasteiger partial charge in [0.2, 0.25) is 11.8 Å². The molecule has 7 nitrogen and oxygen atoms in total. The van der Waals surface area contributed by atoms with Crippen molar-refractivity contribution in [3.8, 4) is 11.6 Å². The normalized spacial score (nSPS) is 15.5. The lowest BCUT2D eigenvalue weighted by Gasteiger charge is -2.34. The maximum absolute atomic E-state index is 12.8. The summed E-state index contributed by atoms with van der Waals surface area (Å²) in [4.78, 5) is 12.4. The summed E-state index contributed by atoms with van der Waals surface area (Å²) in [7, 11) is 3.48. The molecule has 1 N–H and O–H groups in total. The van der Waals surface area contributed by atoms with Crippen molar-refractivity contribution >= 4 is 17.3 Å². The van der Waals surface area contributed by atoms with E-state index >= 15 is 0 Å². The van der Waals surface area contributed by atoms with E-state index in [-0.39, 0.29) is 17.4 Å². The Morgan fingerprint density at radius 2 is 1.85 bits per heavy atom. The van der Waals surface area contributed by atoms with Crippen LogP contribution >= 0.6 is 0 Å². The van der Waals surface area contributed by atoms with Crippen molar-refractivity contribution in [3.05, 3.63) is 30.5 Å².